The monoisotopic (exact) mass is 642 g/mol. The molecule has 12 nitrogen and oxygen atoms in total. The Labute approximate surface area is 275 Å². The molecule has 1 fully saturated rings. The molecule has 1 amide bonds. The number of rotatable bonds is 10. The number of nitrogens with one attached hydrogen (secondary N) is 3. The van der Waals surface area contributed by atoms with E-state index in [4.69, 9.17) is 14.5 Å². The van der Waals surface area contributed by atoms with Gasteiger partial charge in [-0.25, -0.2) is 19.7 Å². The lowest BCUT2D eigenvalue weighted by atomic mass is 9.84. The number of aromatic nitrogens is 6. The zero-order valence-corrected chi connectivity index (χ0v) is 28.2. The number of fused-ring (bicyclic) bond motifs is 1. The van der Waals surface area contributed by atoms with E-state index in [0.29, 0.717) is 54.1 Å². The number of nitrogens with zero attached hydrogens (tertiary/aromatic N) is 5. The summed E-state index contributed by atoms with van der Waals surface area (Å²) in [5.74, 6) is 1.30. The molecule has 5 rings (SSSR count). The van der Waals surface area contributed by atoms with Crippen LogP contribution >= 0.6 is 0 Å². The third-order valence-corrected chi connectivity index (χ3v) is 7.92. The van der Waals surface area contributed by atoms with Crippen LogP contribution in [0.4, 0.5) is 10.7 Å². The average Bonchev–Trinajstić information content (AvgIpc) is 3.42. The molecule has 0 spiro atoms. The second-order valence-electron chi connectivity index (χ2n) is 14.2. The van der Waals surface area contributed by atoms with Crippen molar-refractivity contribution >= 4 is 29.0 Å². The van der Waals surface area contributed by atoms with Crippen molar-refractivity contribution in [1.29, 1.82) is 0 Å². The molecule has 47 heavy (non-hydrogen) atoms. The van der Waals surface area contributed by atoms with Crippen molar-refractivity contribution in [2.24, 2.45) is 5.92 Å². The van der Waals surface area contributed by atoms with E-state index in [9.17, 15) is 9.59 Å². The molecule has 1 atom stereocenters. The standard InChI is InChI=1S/C35H46N8O4/c1-34(2,3)46-29(44)18-22-12-14-25(15-13-22)39-32-37-21-26-30(42-43-31(26)41-32)27-16-17-36-28(40-27)19-24(23-10-8-7-9-11-23)20-38-33(45)47-35(4,5)6/h7-11,16-17,21-22,24-25H,12-15,18-20H2,1-6H3,(H,38,45)(H2,37,39,41,42,43). The fraction of sp³-hybridized carbons (Fsp3) is 0.514. The van der Waals surface area contributed by atoms with Crippen molar-refractivity contribution < 1.29 is 19.1 Å². The molecule has 1 aliphatic rings. The summed E-state index contributed by atoms with van der Waals surface area (Å²) < 4.78 is 10.9. The maximum Gasteiger partial charge on any atom is 0.407 e. The summed E-state index contributed by atoms with van der Waals surface area (Å²) in [6.07, 6.45) is 7.75. The van der Waals surface area contributed by atoms with Crippen molar-refractivity contribution in [2.75, 3.05) is 11.9 Å². The van der Waals surface area contributed by atoms with Crippen molar-refractivity contribution in [3.05, 3.63) is 60.2 Å². The third-order valence-electron chi connectivity index (χ3n) is 7.92. The molecule has 12 heteroatoms. The van der Waals surface area contributed by atoms with Gasteiger partial charge in [-0.1, -0.05) is 30.3 Å². The number of hydrogen-bond acceptors (Lipinski definition) is 10. The molecule has 4 aromatic rings. The first kappa shape index (κ1) is 33.7. The first-order valence-electron chi connectivity index (χ1n) is 16.3. The first-order valence-corrected chi connectivity index (χ1v) is 16.3. The van der Waals surface area contributed by atoms with Gasteiger partial charge < -0.3 is 20.1 Å². The SMILES string of the molecule is CC(C)(C)OC(=O)CC1CCC(Nc2ncc3c(-c4ccnc(CC(CNC(=O)OC(C)(C)C)c5ccccc5)n4)[nH]nc3n2)CC1. The number of aromatic amines is 1. The number of benzene rings is 1. The van der Waals surface area contributed by atoms with Gasteiger partial charge in [0.05, 0.1) is 16.8 Å². The van der Waals surface area contributed by atoms with Crippen LogP contribution < -0.4 is 10.6 Å². The molecule has 0 saturated heterocycles. The molecule has 0 radical (unpaired) electrons. The summed E-state index contributed by atoms with van der Waals surface area (Å²) in [5, 5.41) is 14.7. The van der Waals surface area contributed by atoms with Gasteiger partial charge in [0.1, 0.15) is 17.0 Å². The minimum absolute atomic E-state index is 0.0678. The van der Waals surface area contributed by atoms with Gasteiger partial charge in [-0.05, 0) is 84.8 Å². The van der Waals surface area contributed by atoms with Crippen LogP contribution in [0.1, 0.15) is 91.0 Å². The Morgan fingerprint density at radius 3 is 2.36 bits per heavy atom. The van der Waals surface area contributed by atoms with E-state index in [-0.39, 0.29) is 17.9 Å². The summed E-state index contributed by atoms with van der Waals surface area (Å²) in [7, 11) is 0. The number of ether oxygens (including phenoxy) is 2. The Kier molecular flexibility index (Phi) is 10.4. The maximum absolute atomic E-state index is 12.4. The van der Waals surface area contributed by atoms with Crippen molar-refractivity contribution in [3.63, 3.8) is 0 Å². The topological polar surface area (TPSA) is 157 Å². The van der Waals surface area contributed by atoms with Crippen molar-refractivity contribution in [1.82, 2.24) is 35.5 Å². The van der Waals surface area contributed by atoms with E-state index in [1.165, 1.54) is 0 Å². The largest absolute Gasteiger partial charge is 0.460 e. The Hall–Kier alpha value is -4.61. The molecule has 3 N–H and O–H groups in total. The van der Waals surface area contributed by atoms with Gasteiger partial charge in [0, 0.05) is 43.7 Å². The predicted octanol–water partition coefficient (Wildman–Crippen LogP) is 6.36. The van der Waals surface area contributed by atoms with Crippen molar-refractivity contribution in [3.8, 4) is 11.4 Å². The minimum Gasteiger partial charge on any atom is -0.460 e. The van der Waals surface area contributed by atoms with Gasteiger partial charge in [0.15, 0.2) is 5.65 Å². The number of alkyl carbamates (subject to hydrolysis) is 1. The number of carbonyl (C=O) groups excluding carboxylic acids is 2. The summed E-state index contributed by atoms with van der Waals surface area (Å²) in [4.78, 5) is 43.3. The van der Waals surface area contributed by atoms with Crippen LogP contribution in [-0.4, -0.2) is 66.0 Å². The highest BCUT2D eigenvalue weighted by atomic mass is 16.6. The van der Waals surface area contributed by atoms with Crippen LogP contribution in [0.5, 0.6) is 0 Å². The maximum atomic E-state index is 12.4. The second-order valence-corrected chi connectivity index (χ2v) is 14.2. The normalized spacial score (nSPS) is 17.6. The lowest BCUT2D eigenvalue weighted by Crippen LogP contribution is -2.35. The van der Waals surface area contributed by atoms with Crippen LogP contribution in [0.25, 0.3) is 22.4 Å². The van der Waals surface area contributed by atoms with Crippen molar-refractivity contribution in [2.45, 2.75) is 103 Å². The van der Waals surface area contributed by atoms with Gasteiger partial charge in [0.2, 0.25) is 5.95 Å². The highest BCUT2D eigenvalue weighted by Gasteiger charge is 2.26. The van der Waals surface area contributed by atoms with Crippen LogP contribution in [0, 0.1) is 5.92 Å². The number of amides is 1. The number of carbonyl (C=O) groups is 2. The zero-order chi connectivity index (χ0) is 33.6. The summed E-state index contributed by atoms with van der Waals surface area (Å²) in [6, 6.07) is 12.0. The number of anilines is 1. The van der Waals surface area contributed by atoms with Crippen LogP contribution in [0.15, 0.2) is 48.8 Å². The number of hydrogen-bond donors (Lipinski definition) is 3. The lowest BCUT2D eigenvalue weighted by Gasteiger charge is -2.29. The highest BCUT2D eigenvalue weighted by Crippen LogP contribution is 2.30. The quantitative estimate of drug-likeness (QED) is 0.166. The highest BCUT2D eigenvalue weighted by molar-refractivity contribution is 5.89. The first-order chi connectivity index (χ1) is 22.3. The van der Waals surface area contributed by atoms with Crippen LogP contribution in [0.3, 0.4) is 0 Å². The Morgan fingerprint density at radius 1 is 0.936 bits per heavy atom. The van der Waals surface area contributed by atoms with E-state index in [2.05, 4.69) is 35.8 Å². The molecular formula is C35H46N8O4. The average molecular weight is 643 g/mol. The Morgan fingerprint density at radius 2 is 1.66 bits per heavy atom. The van der Waals surface area contributed by atoms with Gasteiger partial charge in [0.25, 0.3) is 0 Å². The molecule has 250 valence electrons. The number of esters is 1. The van der Waals surface area contributed by atoms with Crippen LogP contribution in [0.2, 0.25) is 0 Å². The zero-order valence-electron chi connectivity index (χ0n) is 28.2. The third kappa shape index (κ3) is 9.94. The van der Waals surface area contributed by atoms with Gasteiger partial charge >= 0.3 is 12.1 Å². The Balaban J connectivity index is 1.22. The molecule has 3 heterocycles. The van der Waals surface area contributed by atoms with E-state index in [1.54, 1.807) is 12.4 Å². The smallest absolute Gasteiger partial charge is 0.407 e. The predicted molar refractivity (Wildman–Crippen MR) is 180 cm³/mol. The molecule has 1 unspecified atom stereocenters. The van der Waals surface area contributed by atoms with Crippen LogP contribution in [-0.2, 0) is 20.7 Å². The van der Waals surface area contributed by atoms with E-state index in [0.717, 1.165) is 36.6 Å². The number of H-pyrrole nitrogens is 1. The molecule has 1 saturated carbocycles. The fourth-order valence-corrected chi connectivity index (χ4v) is 5.79. The molecule has 1 aliphatic carbocycles. The molecule has 3 aromatic heterocycles. The second kappa shape index (κ2) is 14.4. The van der Waals surface area contributed by atoms with E-state index < -0.39 is 17.3 Å². The molecule has 1 aromatic carbocycles. The fourth-order valence-electron chi connectivity index (χ4n) is 5.79. The van der Waals surface area contributed by atoms with Gasteiger partial charge in [-0.15, -0.1) is 0 Å². The summed E-state index contributed by atoms with van der Waals surface area (Å²) in [6.45, 7) is 11.6. The molecule has 0 bridgehead atoms. The molecule has 0 aliphatic heterocycles. The summed E-state index contributed by atoms with van der Waals surface area (Å²) >= 11 is 0. The van der Waals surface area contributed by atoms with E-state index >= 15 is 0 Å². The minimum atomic E-state index is -0.582. The van der Waals surface area contributed by atoms with Gasteiger partial charge in [-0.2, -0.15) is 10.1 Å². The summed E-state index contributed by atoms with van der Waals surface area (Å²) in [5.41, 5.74) is 1.95. The van der Waals surface area contributed by atoms with E-state index in [1.807, 2.05) is 77.9 Å². The molecular weight excluding hydrogens is 596 g/mol. The lowest BCUT2D eigenvalue weighted by molar-refractivity contribution is -0.156. The van der Waals surface area contributed by atoms with Gasteiger partial charge in [-0.3, -0.25) is 9.89 Å². The Bertz CT molecular complexity index is 1650.